The highest BCUT2D eigenvalue weighted by atomic mass is 32.2. The molecule has 4 aromatic carbocycles. The molecular formula is C34H37FN6O2S. The largest absolute Gasteiger partial charge is 0.377 e. The van der Waals surface area contributed by atoms with E-state index in [1.165, 1.54) is 12.1 Å². The molecule has 1 saturated carbocycles. The Bertz CT molecular complexity index is 1890. The van der Waals surface area contributed by atoms with Gasteiger partial charge in [0.1, 0.15) is 11.6 Å². The topological polar surface area (TPSA) is 99.3 Å². The second-order valence-electron chi connectivity index (χ2n) is 11.7. The zero-order valence-electron chi connectivity index (χ0n) is 24.9. The average Bonchev–Trinajstić information content (AvgIpc) is 3.02. The molecule has 0 atom stereocenters. The van der Waals surface area contributed by atoms with E-state index in [0.717, 1.165) is 59.6 Å². The van der Waals surface area contributed by atoms with E-state index in [2.05, 4.69) is 15.4 Å². The second-order valence-corrected chi connectivity index (χ2v) is 13.4. The Kier molecular flexibility index (Phi) is 8.63. The van der Waals surface area contributed by atoms with Crippen LogP contribution < -0.4 is 20.3 Å². The van der Waals surface area contributed by atoms with E-state index >= 15 is 0 Å². The molecule has 0 bridgehead atoms. The van der Waals surface area contributed by atoms with Crippen molar-refractivity contribution in [2.24, 2.45) is 11.8 Å². The molecule has 8 nitrogen and oxygen atoms in total. The summed E-state index contributed by atoms with van der Waals surface area (Å²) < 4.78 is 43.4. The molecule has 0 radical (unpaired) electrons. The van der Waals surface area contributed by atoms with Crippen LogP contribution in [0.15, 0.2) is 89.8 Å². The fraction of sp³-hybridized carbons (Fsp3) is 0.294. The van der Waals surface area contributed by atoms with Crippen LogP contribution in [0.3, 0.4) is 0 Å². The predicted molar refractivity (Wildman–Crippen MR) is 177 cm³/mol. The van der Waals surface area contributed by atoms with Gasteiger partial charge < -0.3 is 15.5 Å². The zero-order valence-corrected chi connectivity index (χ0v) is 25.7. The lowest BCUT2D eigenvalue weighted by Gasteiger charge is -2.28. The number of hydrogen-bond acceptors (Lipinski definition) is 7. The number of fused-ring (bicyclic) bond motifs is 2. The maximum atomic E-state index is 13.8. The molecule has 1 heterocycles. The van der Waals surface area contributed by atoms with Crippen molar-refractivity contribution in [1.29, 1.82) is 0 Å². The van der Waals surface area contributed by atoms with E-state index in [0.29, 0.717) is 34.8 Å². The molecule has 10 heteroatoms. The first kappa shape index (κ1) is 29.8. The van der Waals surface area contributed by atoms with Crippen molar-refractivity contribution in [2.75, 3.05) is 42.7 Å². The van der Waals surface area contributed by atoms with Crippen LogP contribution in [-0.2, 0) is 10.0 Å². The van der Waals surface area contributed by atoms with Gasteiger partial charge in [0.25, 0.3) is 0 Å². The smallest absolute Gasteiger partial charge is 0.241 e. The zero-order chi connectivity index (χ0) is 30.7. The monoisotopic (exact) mass is 612 g/mol. The van der Waals surface area contributed by atoms with Gasteiger partial charge in [-0.3, -0.25) is 0 Å². The first-order valence-electron chi connectivity index (χ1n) is 15.0. The number of anilines is 4. The molecule has 0 saturated heterocycles. The van der Waals surface area contributed by atoms with Crippen LogP contribution in [0.5, 0.6) is 0 Å². The standard InChI is InChI=1S/C34H37FN6O2S/c1-41(2)31-14-6-12-28-27(31)11-7-15-32(28)44(42,43)37-22-24-18-16-23(17-19-24)21-36-34-39-30-13-4-3-10-29(30)33(40-34)38-26-9-5-8-25(35)20-26/h3-15,20,23-24,37H,16-19,21-22H2,1-2H3,(H2,36,38,39,40). The molecule has 1 fully saturated rings. The average molecular weight is 613 g/mol. The number of rotatable bonds is 10. The van der Waals surface area contributed by atoms with Gasteiger partial charge in [0.15, 0.2) is 0 Å². The fourth-order valence-electron chi connectivity index (χ4n) is 6.02. The molecule has 0 unspecified atom stereocenters. The summed E-state index contributed by atoms with van der Waals surface area (Å²) in [6.45, 7) is 1.15. The summed E-state index contributed by atoms with van der Waals surface area (Å²) >= 11 is 0. The van der Waals surface area contributed by atoms with Crippen molar-refractivity contribution in [2.45, 2.75) is 30.6 Å². The van der Waals surface area contributed by atoms with Crippen molar-refractivity contribution < 1.29 is 12.8 Å². The van der Waals surface area contributed by atoms with Crippen molar-refractivity contribution in [3.8, 4) is 0 Å². The van der Waals surface area contributed by atoms with Crippen LogP contribution in [0.4, 0.5) is 27.5 Å². The van der Waals surface area contributed by atoms with Gasteiger partial charge in [0.05, 0.1) is 10.4 Å². The number of sulfonamides is 1. The normalized spacial score (nSPS) is 17.1. The van der Waals surface area contributed by atoms with Crippen LogP contribution in [0.1, 0.15) is 25.7 Å². The van der Waals surface area contributed by atoms with Crippen molar-refractivity contribution in [3.05, 3.63) is 90.7 Å². The minimum atomic E-state index is -3.66. The quantitative estimate of drug-likeness (QED) is 0.157. The van der Waals surface area contributed by atoms with E-state index < -0.39 is 10.0 Å². The molecular weight excluding hydrogens is 575 g/mol. The molecule has 6 rings (SSSR count). The van der Waals surface area contributed by atoms with E-state index in [1.54, 1.807) is 18.2 Å². The highest BCUT2D eigenvalue weighted by Crippen LogP contribution is 2.32. The van der Waals surface area contributed by atoms with Gasteiger partial charge >= 0.3 is 0 Å². The van der Waals surface area contributed by atoms with Crippen molar-refractivity contribution >= 4 is 54.8 Å². The Morgan fingerprint density at radius 2 is 1.48 bits per heavy atom. The van der Waals surface area contributed by atoms with Gasteiger partial charge in [-0.25, -0.2) is 22.5 Å². The minimum Gasteiger partial charge on any atom is -0.377 e. The number of benzene rings is 4. The van der Waals surface area contributed by atoms with Gasteiger partial charge in [0.2, 0.25) is 16.0 Å². The number of halogens is 1. The third kappa shape index (κ3) is 6.61. The van der Waals surface area contributed by atoms with Crippen LogP contribution in [0.25, 0.3) is 21.7 Å². The number of hydrogen-bond donors (Lipinski definition) is 3. The Labute approximate surface area is 257 Å². The third-order valence-electron chi connectivity index (χ3n) is 8.40. The molecule has 1 aromatic heterocycles. The lowest BCUT2D eigenvalue weighted by Crippen LogP contribution is -2.32. The molecule has 44 heavy (non-hydrogen) atoms. The van der Waals surface area contributed by atoms with Crippen LogP contribution in [0.2, 0.25) is 0 Å². The van der Waals surface area contributed by atoms with E-state index in [1.807, 2.05) is 73.6 Å². The number of nitrogens with one attached hydrogen (secondary N) is 3. The van der Waals surface area contributed by atoms with E-state index in [4.69, 9.17) is 9.97 Å². The Balaban J connectivity index is 1.06. The third-order valence-corrected chi connectivity index (χ3v) is 9.88. The Morgan fingerprint density at radius 1 is 0.795 bits per heavy atom. The Hall–Kier alpha value is -4.28. The second kappa shape index (κ2) is 12.8. The van der Waals surface area contributed by atoms with Crippen molar-refractivity contribution in [3.63, 3.8) is 0 Å². The van der Waals surface area contributed by atoms with E-state index in [9.17, 15) is 12.8 Å². The summed E-state index contributed by atoms with van der Waals surface area (Å²) in [4.78, 5) is 11.7. The summed E-state index contributed by atoms with van der Waals surface area (Å²) in [7, 11) is 0.254. The highest BCUT2D eigenvalue weighted by Gasteiger charge is 2.25. The first-order chi connectivity index (χ1) is 21.3. The molecule has 1 aliphatic rings. The first-order valence-corrected chi connectivity index (χ1v) is 16.5. The van der Waals surface area contributed by atoms with Gasteiger partial charge in [-0.05, 0) is 80.0 Å². The molecule has 3 N–H and O–H groups in total. The van der Waals surface area contributed by atoms with Gasteiger partial charge in [-0.15, -0.1) is 0 Å². The van der Waals surface area contributed by atoms with Crippen LogP contribution in [0, 0.1) is 17.7 Å². The lowest BCUT2D eigenvalue weighted by molar-refractivity contribution is 0.284. The van der Waals surface area contributed by atoms with Gasteiger partial charge in [0, 0.05) is 54.7 Å². The molecule has 0 spiro atoms. The SMILES string of the molecule is CN(C)c1cccc2c(S(=O)(=O)NCC3CCC(CNc4nc(Nc5cccc(F)c5)c5ccccc5n4)CC3)cccc12. The number of para-hydroxylation sites is 1. The lowest BCUT2D eigenvalue weighted by atomic mass is 9.82. The molecule has 5 aromatic rings. The molecule has 0 aliphatic heterocycles. The number of aromatic nitrogens is 2. The minimum absolute atomic E-state index is 0.285. The summed E-state index contributed by atoms with van der Waals surface area (Å²) in [5.74, 6) is 1.53. The molecule has 228 valence electrons. The summed E-state index contributed by atoms with van der Waals surface area (Å²) in [5.41, 5.74) is 2.40. The summed E-state index contributed by atoms with van der Waals surface area (Å²) in [6, 6.07) is 25.3. The predicted octanol–water partition coefficient (Wildman–Crippen LogP) is 6.93. The maximum absolute atomic E-state index is 13.8. The molecule has 1 aliphatic carbocycles. The molecule has 0 amide bonds. The summed E-state index contributed by atoms with van der Waals surface area (Å²) in [6.07, 6.45) is 3.87. The van der Waals surface area contributed by atoms with Crippen LogP contribution >= 0.6 is 0 Å². The maximum Gasteiger partial charge on any atom is 0.241 e. The number of nitrogens with zero attached hydrogens (tertiary/aromatic N) is 3. The Morgan fingerprint density at radius 3 is 2.25 bits per heavy atom. The van der Waals surface area contributed by atoms with Crippen molar-refractivity contribution in [1.82, 2.24) is 14.7 Å². The highest BCUT2D eigenvalue weighted by molar-refractivity contribution is 7.89. The van der Waals surface area contributed by atoms with Gasteiger partial charge in [-0.1, -0.05) is 42.5 Å². The van der Waals surface area contributed by atoms with E-state index in [-0.39, 0.29) is 11.7 Å². The van der Waals surface area contributed by atoms with Gasteiger partial charge in [-0.2, -0.15) is 4.98 Å². The van der Waals surface area contributed by atoms with Crippen LogP contribution in [-0.4, -0.2) is 45.6 Å². The fourth-order valence-corrected chi connectivity index (χ4v) is 7.36. The summed E-state index contributed by atoms with van der Waals surface area (Å²) in [5, 5.41) is 9.15.